The number of methoxy groups -OCH3 is 1. The molecule has 0 saturated carbocycles. The van der Waals surface area contributed by atoms with Gasteiger partial charge < -0.3 is 15.2 Å². The predicted octanol–water partition coefficient (Wildman–Crippen LogP) is 5.12. The van der Waals surface area contributed by atoms with Gasteiger partial charge in [0, 0.05) is 12.4 Å². The second kappa shape index (κ2) is 8.09. The molecule has 3 rings (SSSR count). The van der Waals surface area contributed by atoms with Gasteiger partial charge in [0.2, 0.25) is 0 Å². The van der Waals surface area contributed by atoms with Crippen LogP contribution in [0.1, 0.15) is 5.56 Å². The van der Waals surface area contributed by atoms with Crippen LogP contribution in [0.15, 0.2) is 67.0 Å². The Morgan fingerprint density at radius 1 is 1.00 bits per heavy atom. The molecule has 0 atom stereocenters. The van der Waals surface area contributed by atoms with Gasteiger partial charge in [-0.3, -0.25) is 9.88 Å². The molecule has 0 radical (unpaired) electrons. The first-order valence-corrected chi connectivity index (χ1v) is 8.32. The van der Waals surface area contributed by atoms with Gasteiger partial charge in [-0.05, 0) is 54.6 Å². The molecule has 9 heteroatoms. The Balaban J connectivity index is 1.97. The number of nitrogens with two attached hydrogens (primary N) is 1. The van der Waals surface area contributed by atoms with E-state index in [-0.39, 0.29) is 17.1 Å². The predicted molar refractivity (Wildman–Crippen MR) is 100 cm³/mol. The van der Waals surface area contributed by atoms with Crippen molar-refractivity contribution in [2.24, 2.45) is 5.73 Å². The van der Waals surface area contributed by atoms with Crippen molar-refractivity contribution in [1.29, 1.82) is 0 Å². The second-order valence-corrected chi connectivity index (χ2v) is 5.84. The number of nitrogens with zero attached hydrogens (tertiary/aromatic N) is 2. The lowest BCUT2D eigenvalue weighted by atomic mass is 10.1. The lowest BCUT2D eigenvalue weighted by Crippen LogP contribution is -2.32. The highest BCUT2D eigenvalue weighted by molar-refractivity contribution is 6.00. The molecule has 150 valence electrons. The van der Waals surface area contributed by atoms with Gasteiger partial charge in [-0.15, -0.1) is 0 Å². The minimum Gasteiger partial charge on any atom is -0.495 e. The number of ether oxygens (including phenoxy) is 2. The van der Waals surface area contributed by atoms with E-state index in [0.29, 0.717) is 11.5 Å². The van der Waals surface area contributed by atoms with Crippen LogP contribution in [0.2, 0.25) is 0 Å². The number of pyridine rings is 1. The van der Waals surface area contributed by atoms with Crippen molar-refractivity contribution in [3.8, 4) is 17.2 Å². The second-order valence-electron chi connectivity index (χ2n) is 5.84. The molecule has 0 saturated heterocycles. The van der Waals surface area contributed by atoms with Gasteiger partial charge in [-0.25, -0.2) is 4.79 Å². The van der Waals surface area contributed by atoms with E-state index < -0.39 is 17.8 Å². The minimum absolute atomic E-state index is 0.0638. The summed E-state index contributed by atoms with van der Waals surface area (Å²) in [7, 11) is 1.29. The van der Waals surface area contributed by atoms with E-state index in [2.05, 4.69) is 4.98 Å². The van der Waals surface area contributed by atoms with Crippen molar-refractivity contribution in [3.63, 3.8) is 0 Å². The molecule has 1 aromatic heterocycles. The molecule has 0 bridgehead atoms. The number of urea groups is 1. The van der Waals surface area contributed by atoms with Gasteiger partial charge in [-0.1, -0.05) is 0 Å². The largest absolute Gasteiger partial charge is 0.495 e. The number of carbonyl (C=O) groups is 1. The van der Waals surface area contributed by atoms with Crippen LogP contribution in [0.3, 0.4) is 0 Å². The fourth-order valence-corrected chi connectivity index (χ4v) is 2.63. The van der Waals surface area contributed by atoms with Crippen molar-refractivity contribution in [2.45, 2.75) is 6.18 Å². The van der Waals surface area contributed by atoms with E-state index in [9.17, 15) is 18.0 Å². The number of carbonyl (C=O) groups excluding carboxylic acids is 1. The van der Waals surface area contributed by atoms with Crippen molar-refractivity contribution in [2.75, 3.05) is 12.0 Å². The summed E-state index contributed by atoms with van der Waals surface area (Å²) in [6.07, 6.45) is -1.45. The number of amides is 2. The van der Waals surface area contributed by atoms with Crippen molar-refractivity contribution in [3.05, 3.63) is 72.6 Å². The zero-order valence-corrected chi connectivity index (χ0v) is 15.2. The SMILES string of the molecule is COc1ccc(C(F)(F)F)cc1N(C(N)=O)c1ccc(Oc2ccncc2)cc1. The van der Waals surface area contributed by atoms with Gasteiger partial charge in [-0.2, -0.15) is 13.2 Å². The first-order chi connectivity index (χ1) is 13.8. The first kappa shape index (κ1) is 20.0. The standard InChI is InChI=1S/C20H16F3N3O3/c1-28-18-7-2-13(20(21,22)23)12-17(18)26(19(24)27)14-3-5-15(6-4-14)29-16-8-10-25-11-9-16/h2-12H,1H3,(H2,24,27). The molecule has 2 amide bonds. The van der Waals surface area contributed by atoms with Crippen molar-refractivity contribution < 1.29 is 27.4 Å². The molecule has 2 aromatic carbocycles. The number of aromatic nitrogens is 1. The van der Waals surface area contributed by atoms with Gasteiger partial charge in [0.25, 0.3) is 0 Å². The number of alkyl halides is 3. The Kier molecular flexibility index (Phi) is 5.58. The first-order valence-electron chi connectivity index (χ1n) is 8.32. The lowest BCUT2D eigenvalue weighted by molar-refractivity contribution is -0.137. The Bertz CT molecular complexity index is 993. The number of hydrogen-bond donors (Lipinski definition) is 1. The average molecular weight is 403 g/mol. The van der Waals surface area contributed by atoms with Crippen LogP contribution in [0.4, 0.5) is 29.3 Å². The van der Waals surface area contributed by atoms with E-state index in [4.69, 9.17) is 15.2 Å². The summed E-state index contributed by atoms with van der Waals surface area (Å²) in [5, 5.41) is 0. The maximum absolute atomic E-state index is 13.1. The molecule has 0 unspecified atom stereocenters. The molecule has 0 aliphatic carbocycles. The van der Waals surface area contributed by atoms with E-state index in [1.807, 2.05) is 0 Å². The summed E-state index contributed by atoms with van der Waals surface area (Å²) in [6, 6.07) is 11.3. The summed E-state index contributed by atoms with van der Waals surface area (Å²) in [6.45, 7) is 0. The highest BCUT2D eigenvalue weighted by Crippen LogP contribution is 2.39. The highest BCUT2D eigenvalue weighted by Gasteiger charge is 2.32. The van der Waals surface area contributed by atoms with Crippen LogP contribution in [0, 0.1) is 0 Å². The fraction of sp³-hybridized carbons (Fsp3) is 0.100. The average Bonchev–Trinajstić information content (AvgIpc) is 2.69. The number of hydrogen-bond acceptors (Lipinski definition) is 4. The molecule has 0 spiro atoms. The van der Waals surface area contributed by atoms with Gasteiger partial charge in [0.1, 0.15) is 17.2 Å². The van der Waals surface area contributed by atoms with Crippen LogP contribution >= 0.6 is 0 Å². The number of benzene rings is 2. The van der Waals surface area contributed by atoms with E-state index in [1.165, 1.54) is 19.2 Å². The van der Waals surface area contributed by atoms with Crippen LogP contribution in [-0.2, 0) is 6.18 Å². The number of rotatable bonds is 5. The molecule has 29 heavy (non-hydrogen) atoms. The van der Waals surface area contributed by atoms with Gasteiger partial charge in [0.15, 0.2) is 0 Å². The minimum atomic E-state index is -4.59. The number of anilines is 2. The van der Waals surface area contributed by atoms with Crippen LogP contribution in [0.25, 0.3) is 0 Å². The van der Waals surface area contributed by atoms with E-state index >= 15 is 0 Å². The summed E-state index contributed by atoms with van der Waals surface area (Å²) in [5.41, 5.74) is 4.64. The molecule has 6 nitrogen and oxygen atoms in total. The maximum atomic E-state index is 13.1. The third-order valence-electron chi connectivity index (χ3n) is 3.95. The summed E-state index contributed by atoms with van der Waals surface area (Å²) in [5.74, 6) is 1.08. The van der Waals surface area contributed by atoms with E-state index in [1.54, 1.807) is 36.7 Å². The van der Waals surface area contributed by atoms with E-state index in [0.717, 1.165) is 23.1 Å². The molecule has 0 aliphatic heterocycles. The third-order valence-corrected chi connectivity index (χ3v) is 3.95. The smallest absolute Gasteiger partial charge is 0.416 e. The molecule has 2 N–H and O–H groups in total. The summed E-state index contributed by atoms with van der Waals surface area (Å²) in [4.78, 5) is 16.9. The van der Waals surface area contributed by atoms with Crippen LogP contribution < -0.4 is 20.1 Å². The Morgan fingerprint density at radius 2 is 1.62 bits per heavy atom. The van der Waals surface area contributed by atoms with Crippen molar-refractivity contribution in [1.82, 2.24) is 4.98 Å². The molecule has 0 aliphatic rings. The maximum Gasteiger partial charge on any atom is 0.416 e. The Morgan fingerprint density at radius 3 is 2.17 bits per heavy atom. The Labute approximate surface area is 164 Å². The molecule has 0 fully saturated rings. The number of primary amides is 1. The summed E-state index contributed by atoms with van der Waals surface area (Å²) < 4.78 is 50.2. The highest BCUT2D eigenvalue weighted by atomic mass is 19.4. The monoisotopic (exact) mass is 403 g/mol. The zero-order valence-electron chi connectivity index (χ0n) is 15.2. The van der Waals surface area contributed by atoms with Gasteiger partial charge >= 0.3 is 12.2 Å². The van der Waals surface area contributed by atoms with Crippen LogP contribution in [0.5, 0.6) is 17.2 Å². The normalized spacial score (nSPS) is 11.0. The zero-order chi connectivity index (χ0) is 21.0. The molecular weight excluding hydrogens is 387 g/mol. The quantitative estimate of drug-likeness (QED) is 0.642. The van der Waals surface area contributed by atoms with Crippen molar-refractivity contribution >= 4 is 17.4 Å². The summed E-state index contributed by atoms with van der Waals surface area (Å²) >= 11 is 0. The number of halogens is 3. The molecule has 3 aromatic rings. The fourth-order valence-electron chi connectivity index (χ4n) is 2.63. The lowest BCUT2D eigenvalue weighted by Gasteiger charge is -2.24. The third kappa shape index (κ3) is 4.57. The van der Waals surface area contributed by atoms with Gasteiger partial charge in [0.05, 0.1) is 24.0 Å². The Hall–Kier alpha value is -3.75. The molecule has 1 heterocycles. The topological polar surface area (TPSA) is 77.7 Å². The molecular formula is C20H16F3N3O3. The van der Waals surface area contributed by atoms with Crippen LogP contribution in [-0.4, -0.2) is 18.1 Å².